The van der Waals surface area contributed by atoms with Gasteiger partial charge in [0.05, 0.1) is 0 Å². The maximum atomic E-state index is 3.41. The Morgan fingerprint density at radius 1 is 1.56 bits per heavy atom. The SMILES string of the molecule is CC1=CCNC(C)(C)C1. The first-order valence-corrected chi connectivity index (χ1v) is 3.51. The minimum Gasteiger partial charge on any atom is -0.308 e. The van der Waals surface area contributed by atoms with Gasteiger partial charge in [0.1, 0.15) is 0 Å². The molecular formula is C8H15N. The van der Waals surface area contributed by atoms with Gasteiger partial charge in [-0.15, -0.1) is 0 Å². The summed E-state index contributed by atoms with van der Waals surface area (Å²) in [6.07, 6.45) is 3.44. The highest BCUT2D eigenvalue weighted by molar-refractivity contribution is 5.09. The molecule has 0 aliphatic carbocycles. The summed E-state index contributed by atoms with van der Waals surface area (Å²) < 4.78 is 0. The Morgan fingerprint density at radius 2 is 2.22 bits per heavy atom. The maximum Gasteiger partial charge on any atom is 0.0165 e. The summed E-state index contributed by atoms with van der Waals surface area (Å²) in [4.78, 5) is 0. The van der Waals surface area contributed by atoms with E-state index in [4.69, 9.17) is 0 Å². The number of hydrogen-bond acceptors (Lipinski definition) is 1. The van der Waals surface area contributed by atoms with Crippen LogP contribution in [0.5, 0.6) is 0 Å². The molecule has 0 amide bonds. The Balaban J connectivity index is 2.59. The van der Waals surface area contributed by atoms with Gasteiger partial charge in [-0.25, -0.2) is 0 Å². The number of nitrogens with one attached hydrogen (secondary N) is 1. The lowest BCUT2D eigenvalue weighted by Gasteiger charge is -2.30. The zero-order chi connectivity index (χ0) is 6.91. The van der Waals surface area contributed by atoms with Gasteiger partial charge in [0, 0.05) is 12.1 Å². The molecule has 0 atom stereocenters. The van der Waals surface area contributed by atoms with Crippen molar-refractivity contribution in [1.82, 2.24) is 5.32 Å². The molecule has 1 nitrogen and oxygen atoms in total. The Morgan fingerprint density at radius 3 is 2.56 bits per heavy atom. The van der Waals surface area contributed by atoms with E-state index >= 15 is 0 Å². The Labute approximate surface area is 57.1 Å². The number of rotatable bonds is 0. The molecule has 1 aliphatic heterocycles. The van der Waals surface area contributed by atoms with Crippen molar-refractivity contribution >= 4 is 0 Å². The highest BCUT2D eigenvalue weighted by Gasteiger charge is 2.19. The Bertz CT molecular complexity index is 134. The van der Waals surface area contributed by atoms with Gasteiger partial charge in [-0.3, -0.25) is 0 Å². The van der Waals surface area contributed by atoms with Gasteiger partial charge in [0.25, 0.3) is 0 Å². The van der Waals surface area contributed by atoms with Crippen molar-refractivity contribution in [3.05, 3.63) is 11.6 Å². The number of hydrogen-bond donors (Lipinski definition) is 1. The van der Waals surface area contributed by atoms with Crippen LogP contribution >= 0.6 is 0 Å². The fourth-order valence-electron chi connectivity index (χ4n) is 1.33. The van der Waals surface area contributed by atoms with E-state index in [1.54, 1.807) is 0 Å². The topological polar surface area (TPSA) is 12.0 Å². The van der Waals surface area contributed by atoms with Crippen LogP contribution in [0.2, 0.25) is 0 Å². The monoisotopic (exact) mass is 125 g/mol. The normalized spacial score (nSPS) is 25.4. The van der Waals surface area contributed by atoms with Crippen LogP contribution in [0.15, 0.2) is 11.6 Å². The molecule has 0 bridgehead atoms. The fraction of sp³-hybridized carbons (Fsp3) is 0.750. The third-order valence-electron chi connectivity index (χ3n) is 1.75. The molecule has 1 heterocycles. The van der Waals surface area contributed by atoms with Gasteiger partial charge in [0.2, 0.25) is 0 Å². The molecule has 0 fully saturated rings. The van der Waals surface area contributed by atoms with Crippen molar-refractivity contribution in [2.24, 2.45) is 0 Å². The molecule has 1 heteroatoms. The fourth-order valence-corrected chi connectivity index (χ4v) is 1.33. The summed E-state index contributed by atoms with van der Waals surface area (Å²) in [6.45, 7) is 7.72. The van der Waals surface area contributed by atoms with Gasteiger partial charge in [-0.2, -0.15) is 0 Å². The van der Waals surface area contributed by atoms with Crippen LogP contribution in [-0.4, -0.2) is 12.1 Å². The second-order valence-corrected chi connectivity index (χ2v) is 3.49. The molecule has 0 radical (unpaired) electrons. The highest BCUT2D eigenvalue weighted by atomic mass is 15.0. The van der Waals surface area contributed by atoms with Crippen LogP contribution < -0.4 is 5.32 Å². The molecule has 1 rings (SSSR count). The van der Waals surface area contributed by atoms with Crippen molar-refractivity contribution in [3.8, 4) is 0 Å². The van der Waals surface area contributed by atoms with Crippen molar-refractivity contribution in [2.75, 3.05) is 6.54 Å². The molecule has 0 spiro atoms. The third kappa shape index (κ3) is 1.83. The van der Waals surface area contributed by atoms with E-state index in [0.717, 1.165) is 6.54 Å². The van der Waals surface area contributed by atoms with Crippen LogP contribution in [0, 0.1) is 0 Å². The summed E-state index contributed by atoms with van der Waals surface area (Å²) in [5.74, 6) is 0. The van der Waals surface area contributed by atoms with Crippen LogP contribution in [0.3, 0.4) is 0 Å². The lowest BCUT2D eigenvalue weighted by Crippen LogP contribution is -2.42. The summed E-state index contributed by atoms with van der Waals surface area (Å²) >= 11 is 0. The van der Waals surface area contributed by atoms with E-state index in [1.807, 2.05) is 0 Å². The van der Waals surface area contributed by atoms with Crippen molar-refractivity contribution < 1.29 is 0 Å². The minimum absolute atomic E-state index is 0.332. The van der Waals surface area contributed by atoms with Gasteiger partial charge in [-0.05, 0) is 27.2 Å². The molecule has 1 aliphatic rings. The van der Waals surface area contributed by atoms with Crippen LogP contribution in [0.1, 0.15) is 27.2 Å². The molecule has 0 aromatic heterocycles. The average molecular weight is 125 g/mol. The average Bonchev–Trinajstić information content (AvgIpc) is 1.60. The van der Waals surface area contributed by atoms with E-state index in [2.05, 4.69) is 32.2 Å². The predicted octanol–water partition coefficient (Wildman–Crippen LogP) is 1.70. The second-order valence-electron chi connectivity index (χ2n) is 3.49. The van der Waals surface area contributed by atoms with E-state index in [-0.39, 0.29) is 0 Å². The van der Waals surface area contributed by atoms with Crippen molar-refractivity contribution in [2.45, 2.75) is 32.7 Å². The predicted molar refractivity (Wildman–Crippen MR) is 40.5 cm³/mol. The Kier molecular flexibility index (Phi) is 1.62. The summed E-state index contributed by atoms with van der Waals surface area (Å²) in [5.41, 5.74) is 1.84. The largest absolute Gasteiger partial charge is 0.308 e. The lowest BCUT2D eigenvalue weighted by atomic mass is 9.92. The van der Waals surface area contributed by atoms with Gasteiger partial charge < -0.3 is 5.32 Å². The van der Waals surface area contributed by atoms with Crippen molar-refractivity contribution in [1.29, 1.82) is 0 Å². The molecule has 1 N–H and O–H groups in total. The van der Waals surface area contributed by atoms with Gasteiger partial charge in [0.15, 0.2) is 0 Å². The first-order valence-electron chi connectivity index (χ1n) is 3.51. The Hall–Kier alpha value is -0.300. The molecule has 52 valence electrons. The summed E-state index contributed by atoms with van der Waals surface area (Å²) in [6, 6.07) is 0. The molecule has 0 saturated heterocycles. The summed E-state index contributed by atoms with van der Waals surface area (Å²) in [5, 5.41) is 3.41. The van der Waals surface area contributed by atoms with Gasteiger partial charge >= 0.3 is 0 Å². The minimum atomic E-state index is 0.332. The van der Waals surface area contributed by atoms with E-state index < -0.39 is 0 Å². The maximum absolute atomic E-state index is 3.41. The van der Waals surface area contributed by atoms with Crippen LogP contribution in [-0.2, 0) is 0 Å². The molecule has 9 heavy (non-hydrogen) atoms. The molecule has 0 unspecified atom stereocenters. The lowest BCUT2D eigenvalue weighted by molar-refractivity contribution is 0.388. The quantitative estimate of drug-likeness (QED) is 0.486. The van der Waals surface area contributed by atoms with E-state index in [9.17, 15) is 0 Å². The standard InChI is InChI=1S/C8H15N/c1-7-4-5-9-8(2,3)6-7/h4,9H,5-6H2,1-3H3. The third-order valence-corrected chi connectivity index (χ3v) is 1.75. The first kappa shape index (κ1) is 6.81. The zero-order valence-electron chi connectivity index (χ0n) is 6.49. The molecule has 0 aromatic carbocycles. The van der Waals surface area contributed by atoms with E-state index in [0.29, 0.717) is 5.54 Å². The van der Waals surface area contributed by atoms with Gasteiger partial charge in [-0.1, -0.05) is 11.6 Å². The van der Waals surface area contributed by atoms with Crippen LogP contribution in [0.25, 0.3) is 0 Å². The highest BCUT2D eigenvalue weighted by Crippen LogP contribution is 2.18. The second kappa shape index (κ2) is 2.14. The molecule has 0 saturated carbocycles. The van der Waals surface area contributed by atoms with Crippen LogP contribution in [0.4, 0.5) is 0 Å². The molecular weight excluding hydrogens is 110 g/mol. The van der Waals surface area contributed by atoms with E-state index in [1.165, 1.54) is 12.0 Å². The zero-order valence-corrected chi connectivity index (χ0v) is 6.49. The first-order chi connectivity index (χ1) is 4.10. The van der Waals surface area contributed by atoms with Crippen molar-refractivity contribution in [3.63, 3.8) is 0 Å². The smallest absolute Gasteiger partial charge is 0.0165 e. The summed E-state index contributed by atoms with van der Waals surface area (Å²) in [7, 11) is 0. The molecule has 0 aromatic rings.